The molecule has 3 rings (SSSR count). The maximum absolute atomic E-state index is 13.2. The summed E-state index contributed by atoms with van der Waals surface area (Å²) in [6, 6.07) is 10.3. The molecule has 8 heteroatoms. The molecule has 0 fully saturated rings. The van der Waals surface area contributed by atoms with Crippen LogP contribution in [-0.4, -0.2) is 26.1 Å². The number of hydrogen-bond acceptors (Lipinski definition) is 3. The normalized spacial score (nSPS) is 18.2. The van der Waals surface area contributed by atoms with Crippen LogP contribution in [-0.2, 0) is 16.0 Å². The number of benzene rings is 2. The molecular weight excluding hydrogens is 403 g/mol. The molecule has 0 aliphatic carbocycles. The number of carbonyl (C=O) groups excluding carboxylic acids is 1. The molecule has 1 atom stereocenters. The Hall–Kier alpha value is -2.61. The molecule has 0 saturated carbocycles. The summed E-state index contributed by atoms with van der Waals surface area (Å²) in [5.74, 6) is -0.757. The summed E-state index contributed by atoms with van der Waals surface area (Å²) in [4.78, 5) is 14.4. The zero-order valence-corrected chi connectivity index (χ0v) is 16.7. The molecule has 0 saturated heterocycles. The lowest BCUT2D eigenvalue weighted by atomic mass is 10.0. The van der Waals surface area contributed by atoms with Crippen molar-refractivity contribution in [2.24, 2.45) is 0 Å². The van der Waals surface area contributed by atoms with E-state index < -0.39 is 33.5 Å². The lowest BCUT2D eigenvalue weighted by Gasteiger charge is -2.28. The molecule has 1 aliphatic rings. The first-order chi connectivity index (χ1) is 13.5. The maximum atomic E-state index is 13.2. The molecule has 0 N–H and O–H groups in total. The van der Waals surface area contributed by atoms with Crippen LogP contribution in [0.1, 0.15) is 41.3 Å². The molecule has 1 aliphatic heterocycles. The average molecular weight is 423 g/mol. The Balaban J connectivity index is 2.04. The van der Waals surface area contributed by atoms with Crippen molar-refractivity contribution in [1.82, 2.24) is 0 Å². The predicted octanol–water partition coefficient (Wildman–Crippen LogP) is 4.79. The zero-order valence-electron chi connectivity index (χ0n) is 15.8. The SMILES string of the molecule is CC(C)c1ccc(N(C(=O)c2cccc(C(F)(F)F)c2)[C@H]2C=CS(=O)(=O)C2)cc1. The molecule has 0 aromatic heterocycles. The molecule has 4 nitrogen and oxygen atoms in total. The Kier molecular flexibility index (Phi) is 5.58. The Morgan fingerprint density at radius 1 is 1.10 bits per heavy atom. The van der Waals surface area contributed by atoms with Crippen LogP contribution in [0.4, 0.5) is 18.9 Å². The molecule has 1 amide bonds. The molecular formula is C21H20F3NO3S. The lowest BCUT2D eigenvalue weighted by molar-refractivity contribution is -0.137. The molecule has 0 bridgehead atoms. The van der Waals surface area contributed by atoms with E-state index in [1.54, 1.807) is 12.1 Å². The fraction of sp³-hybridized carbons (Fsp3) is 0.286. The highest BCUT2D eigenvalue weighted by molar-refractivity contribution is 7.94. The average Bonchev–Trinajstić information content (AvgIpc) is 3.01. The van der Waals surface area contributed by atoms with Gasteiger partial charge in [-0.25, -0.2) is 8.42 Å². The third-order valence-electron chi connectivity index (χ3n) is 4.74. The van der Waals surface area contributed by atoms with E-state index >= 15 is 0 Å². The quantitative estimate of drug-likeness (QED) is 0.711. The Morgan fingerprint density at radius 3 is 2.28 bits per heavy atom. The topological polar surface area (TPSA) is 54.5 Å². The van der Waals surface area contributed by atoms with Crippen LogP contribution in [0.15, 0.2) is 60.0 Å². The highest BCUT2D eigenvalue weighted by Gasteiger charge is 2.34. The van der Waals surface area contributed by atoms with Crippen LogP contribution >= 0.6 is 0 Å². The fourth-order valence-corrected chi connectivity index (χ4v) is 4.44. The van der Waals surface area contributed by atoms with Crippen molar-refractivity contribution in [3.8, 4) is 0 Å². The van der Waals surface area contributed by atoms with Crippen LogP contribution in [0.2, 0.25) is 0 Å². The van der Waals surface area contributed by atoms with Crippen molar-refractivity contribution in [1.29, 1.82) is 0 Å². The van der Waals surface area contributed by atoms with Gasteiger partial charge in [0.25, 0.3) is 5.91 Å². The first-order valence-corrected chi connectivity index (χ1v) is 10.7. The second kappa shape index (κ2) is 7.67. The first-order valence-electron chi connectivity index (χ1n) is 9.00. The molecule has 154 valence electrons. The van der Waals surface area contributed by atoms with Crippen molar-refractivity contribution in [3.63, 3.8) is 0 Å². The summed E-state index contributed by atoms with van der Waals surface area (Å²) < 4.78 is 63.0. The standard InChI is InChI=1S/C21H20F3NO3S/c1-14(2)15-6-8-18(9-7-15)25(19-10-11-29(27,28)13-19)20(26)16-4-3-5-17(12-16)21(22,23)24/h3-12,14,19H,13H2,1-2H3/t19-/m0/s1. The van der Waals surface area contributed by atoms with Crippen LogP contribution in [0.3, 0.4) is 0 Å². The van der Waals surface area contributed by atoms with Crippen LogP contribution in [0, 0.1) is 0 Å². The third kappa shape index (κ3) is 4.70. The number of amides is 1. The summed E-state index contributed by atoms with van der Waals surface area (Å²) in [5, 5.41) is 1.03. The summed E-state index contributed by atoms with van der Waals surface area (Å²) in [6.07, 6.45) is -3.20. The molecule has 0 radical (unpaired) electrons. The fourth-order valence-electron chi connectivity index (χ4n) is 3.17. The number of alkyl halides is 3. The number of halogens is 3. The van der Waals surface area contributed by atoms with Gasteiger partial charge in [0.15, 0.2) is 9.84 Å². The second-order valence-corrected chi connectivity index (χ2v) is 9.16. The van der Waals surface area contributed by atoms with E-state index in [1.807, 2.05) is 26.0 Å². The Bertz CT molecular complexity index is 1040. The van der Waals surface area contributed by atoms with Gasteiger partial charge in [0, 0.05) is 16.7 Å². The van der Waals surface area contributed by atoms with Gasteiger partial charge < -0.3 is 4.90 Å². The second-order valence-electron chi connectivity index (χ2n) is 7.23. The summed E-state index contributed by atoms with van der Waals surface area (Å²) in [7, 11) is -3.47. The number of carbonyl (C=O) groups is 1. The zero-order chi connectivity index (χ0) is 21.4. The minimum atomic E-state index is -4.59. The number of anilines is 1. The Morgan fingerprint density at radius 2 is 1.76 bits per heavy atom. The van der Waals surface area contributed by atoms with Crippen LogP contribution in [0.25, 0.3) is 0 Å². The van der Waals surface area contributed by atoms with Gasteiger partial charge in [-0.05, 0) is 47.9 Å². The Labute approximate surface area is 167 Å². The van der Waals surface area contributed by atoms with Gasteiger partial charge in [-0.1, -0.05) is 32.0 Å². The number of rotatable bonds is 4. The van der Waals surface area contributed by atoms with Gasteiger partial charge in [-0.15, -0.1) is 0 Å². The minimum Gasteiger partial charge on any atom is -0.300 e. The molecule has 2 aromatic carbocycles. The van der Waals surface area contributed by atoms with Crippen molar-refractivity contribution in [3.05, 3.63) is 76.7 Å². The van der Waals surface area contributed by atoms with E-state index in [2.05, 4.69) is 0 Å². The first kappa shape index (κ1) is 21.1. The highest BCUT2D eigenvalue weighted by atomic mass is 32.2. The van der Waals surface area contributed by atoms with Gasteiger partial charge in [0.1, 0.15) is 0 Å². The van der Waals surface area contributed by atoms with Gasteiger partial charge >= 0.3 is 6.18 Å². The van der Waals surface area contributed by atoms with E-state index in [0.717, 1.165) is 29.2 Å². The minimum absolute atomic E-state index is 0.162. The molecule has 2 aromatic rings. The molecule has 29 heavy (non-hydrogen) atoms. The van der Waals surface area contributed by atoms with Crippen molar-refractivity contribution < 1.29 is 26.4 Å². The maximum Gasteiger partial charge on any atom is 0.416 e. The van der Waals surface area contributed by atoms with Gasteiger partial charge in [0.05, 0.1) is 17.4 Å². The molecule has 1 heterocycles. The van der Waals surface area contributed by atoms with Crippen LogP contribution < -0.4 is 4.90 Å². The largest absolute Gasteiger partial charge is 0.416 e. The molecule has 0 spiro atoms. The lowest BCUT2D eigenvalue weighted by Crippen LogP contribution is -2.41. The van der Waals surface area contributed by atoms with E-state index in [4.69, 9.17) is 0 Å². The van der Waals surface area contributed by atoms with E-state index in [9.17, 15) is 26.4 Å². The van der Waals surface area contributed by atoms with E-state index in [-0.39, 0.29) is 17.2 Å². The van der Waals surface area contributed by atoms with E-state index in [1.165, 1.54) is 17.0 Å². The van der Waals surface area contributed by atoms with E-state index in [0.29, 0.717) is 5.69 Å². The summed E-state index contributed by atoms with van der Waals surface area (Å²) in [6.45, 7) is 4.01. The number of sulfone groups is 1. The van der Waals surface area contributed by atoms with Crippen molar-refractivity contribution in [2.45, 2.75) is 32.0 Å². The highest BCUT2D eigenvalue weighted by Crippen LogP contribution is 2.31. The smallest absolute Gasteiger partial charge is 0.300 e. The number of hydrogen-bond donors (Lipinski definition) is 0. The van der Waals surface area contributed by atoms with Crippen LogP contribution in [0.5, 0.6) is 0 Å². The monoisotopic (exact) mass is 423 g/mol. The van der Waals surface area contributed by atoms with Crippen molar-refractivity contribution >= 4 is 21.4 Å². The number of nitrogens with zero attached hydrogens (tertiary/aromatic N) is 1. The van der Waals surface area contributed by atoms with Crippen molar-refractivity contribution in [2.75, 3.05) is 10.7 Å². The summed E-state index contributed by atoms with van der Waals surface area (Å²) in [5.41, 5.74) is 0.344. The van der Waals surface area contributed by atoms with Gasteiger partial charge in [-0.3, -0.25) is 4.79 Å². The van der Waals surface area contributed by atoms with Gasteiger partial charge in [-0.2, -0.15) is 13.2 Å². The summed E-state index contributed by atoms with van der Waals surface area (Å²) >= 11 is 0. The predicted molar refractivity (Wildman–Crippen MR) is 105 cm³/mol. The molecule has 0 unspecified atom stereocenters. The van der Waals surface area contributed by atoms with Gasteiger partial charge in [0.2, 0.25) is 0 Å². The third-order valence-corrected chi connectivity index (χ3v) is 6.11.